The molecule has 0 amide bonds. The third-order valence-electron chi connectivity index (χ3n) is 14.7. The zero-order valence-corrected chi connectivity index (χ0v) is 34.0. The lowest BCUT2D eigenvalue weighted by Gasteiger charge is -2.33. The minimum Gasteiger partial charge on any atom is -0.310 e. The van der Waals surface area contributed by atoms with Crippen LogP contribution < -0.4 is 4.90 Å². The smallest absolute Gasteiger partial charge is 0.0726 e. The van der Waals surface area contributed by atoms with Gasteiger partial charge in [0.2, 0.25) is 0 Å². The van der Waals surface area contributed by atoms with E-state index in [1.165, 1.54) is 120 Å². The Hall–Kier alpha value is -7.22. The first-order valence-electron chi connectivity index (χ1n) is 22.0. The van der Waals surface area contributed by atoms with Crippen LogP contribution in [-0.4, -0.2) is 0 Å². The molecule has 1 heteroatoms. The van der Waals surface area contributed by atoms with E-state index in [0.717, 1.165) is 11.4 Å². The Morgan fingerprint density at radius 3 is 1.44 bits per heavy atom. The zero-order valence-electron chi connectivity index (χ0n) is 34.0. The highest BCUT2D eigenvalue weighted by atomic mass is 15.1. The first-order valence-corrected chi connectivity index (χ1v) is 22.0. The van der Waals surface area contributed by atoms with Crippen molar-refractivity contribution in [2.75, 3.05) is 4.90 Å². The molecule has 0 saturated heterocycles. The molecule has 9 aromatic rings. The maximum absolute atomic E-state index is 2.53. The summed E-state index contributed by atoms with van der Waals surface area (Å²) in [6.07, 6.45) is 4.99. The van der Waals surface area contributed by atoms with E-state index in [1.807, 2.05) is 0 Å². The third-order valence-corrected chi connectivity index (χ3v) is 14.7. The molecule has 0 heterocycles. The van der Waals surface area contributed by atoms with Gasteiger partial charge in [0.15, 0.2) is 0 Å². The molecule has 1 saturated carbocycles. The lowest BCUT2D eigenvalue weighted by Crippen LogP contribution is -2.26. The largest absolute Gasteiger partial charge is 0.310 e. The van der Waals surface area contributed by atoms with E-state index in [0.29, 0.717) is 0 Å². The van der Waals surface area contributed by atoms with Gasteiger partial charge >= 0.3 is 0 Å². The van der Waals surface area contributed by atoms with Crippen molar-refractivity contribution in [3.63, 3.8) is 0 Å². The van der Waals surface area contributed by atoms with Crippen molar-refractivity contribution in [1.29, 1.82) is 0 Å². The van der Waals surface area contributed by atoms with Crippen molar-refractivity contribution < 1.29 is 0 Å². The third kappa shape index (κ3) is 4.72. The predicted molar refractivity (Wildman–Crippen MR) is 253 cm³/mol. The monoisotopic (exact) mass is 777 g/mol. The second kappa shape index (κ2) is 13.1. The molecule has 288 valence electrons. The van der Waals surface area contributed by atoms with Crippen LogP contribution in [0.1, 0.15) is 59.1 Å². The molecule has 4 aliphatic carbocycles. The van der Waals surface area contributed by atoms with Gasteiger partial charge in [-0.3, -0.25) is 0 Å². The Balaban J connectivity index is 1.06. The van der Waals surface area contributed by atoms with E-state index >= 15 is 0 Å². The molecular formula is C60H43N. The predicted octanol–water partition coefficient (Wildman–Crippen LogP) is 15.7. The van der Waals surface area contributed by atoms with E-state index in [9.17, 15) is 0 Å². The van der Waals surface area contributed by atoms with Crippen molar-refractivity contribution in [3.8, 4) is 55.6 Å². The molecule has 61 heavy (non-hydrogen) atoms. The summed E-state index contributed by atoms with van der Waals surface area (Å²) >= 11 is 0. The van der Waals surface area contributed by atoms with E-state index in [1.54, 1.807) is 0 Å². The van der Waals surface area contributed by atoms with Gasteiger partial charge in [0.25, 0.3) is 0 Å². The molecule has 4 aliphatic rings. The standard InChI is InChI=1S/C60H43N/c1-2-17-40(18-3-1)41-31-33-42(34-32-41)61(57-30-13-8-22-48(57)49-24-16-29-55-58(49)50-23-7-9-25-51(50)59(55)37-14-15-38-59)43-35-36-47-46-21-6-12-28-54(46)60(56(47)39-43)52-26-10-4-19-44(52)45-20-5-11-27-53(45)60/h1-13,16-36,39H,14-15,37-38H2. The highest BCUT2D eigenvalue weighted by Gasteiger charge is 2.52. The molecule has 2 spiro atoms. The number of benzene rings is 9. The van der Waals surface area contributed by atoms with Crippen LogP contribution in [0.3, 0.4) is 0 Å². The van der Waals surface area contributed by atoms with Crippen molar-refractivity contribution in [2.24, 2.45) is 0 Å². The fourth-order valence-electron chi connectivity index (χ4n) is 12.2. The topological polar surface area (TPSA) is 3.24 Å². The van der Waals surface area contributed by atoms with Gasteiger partial charge in [-0.2, -0.15) is 0 Å². The van der Waals surface area contributed by atoms with Crippen LogP contribution in [0.2, 0.25) is 0 Å². The Bertz CT molecular complexity index is 3140. The second-order valence-corrected chi connectivity index (χ2v) is 17.4. The Labute approximate surface area is 358 Å². The molecule has 0 aromatic heterocycles. The van der Waals surface area contributed by atoms with Crippen molar-refractivity contribution in [1.82, 2.24) is 0 Å². The van der Waals surface area contributed by atoms with Crippen LogP contribution >= 0.6 is 0 Å². The molecule has 1 nitrogen and oxygen atoms in total. The number of nitrogens with zero attached hydrogens (tertiary/aromatic N) is 1. The van der Waals surface area contributed by atoms with E-state index < -0.39 is 5.41 Å². The quantitative estimate of drug-likeness (QED) is 0.168. The molecule has 1 fully saturated rings. The lowest BCUT2D eigenvalue weighted by molar-refractivity contribution is 0.550. The highest BCUT2D eigenvalue weighted by molar-refractivity contribution is 6.00. The molecule has 13 rings (SSSR count). The first-order chi connectivity index (χ1) is 30.3. The molecule has 0 unspecified atom stereocenters. The molecule has 9 aromatic carbocycles. The van der Waals surface area contributed by atoms with Crippen molar-refractivity contribution >= 4 is 17.1 Å². The van der Waals surface area contributed by atoms with Gasteiger partial charge in [0, 0.05) is 22.4 Å². The second-order valence-electron chi connectivity index (χ2n) is 17.4. The molecule has 0 N–H and O–H groups in total. The van der Waals surface area contributed by atoms with Crippen LogP contribution in [0.25, 0.3) is 55.6 Å². The summed E-state index contributed by atoms with van der Waals surface area (Å²) in [5, 5.41) is 0. The van der Waals surface area contributed by atoms with Gasteiger partial charge in [-0.25, -0.2) is 0 Å². The summed E-state index contributed by atoms with van der Waals surface area (Å²) < 4.78 is 0. The van der Waals surface area contributed by atoms with Crippen LogP contribution in [-0.2, 0) is 10.8 Å². The molecule has 0 aliphatic heterocycles. The van der Waals surface area contributed by atoms with E-state index in [-0.39, 0.29) is 5.41 Å². The van der Waals surface area contributed by atoms with E-state index in [2.05, 4.69) is 217 Å². The van der Waals surface area contributed by atoms with Gasteiger partial charge < -0.3 is 4.90 Å². The van der Waals surface area contributed by atoms with Gasteiger partial charge in [-0.15, -0.1) is 0 Å². The lowest BCUT2D eigenvalue weighted by atomic mass is 9.70. The van der Waals surface area contributed by atoms with Gasteiger partial charge in [-0.05, 0) is 127 Å². The minimum absolute atomic E-state index is 0.0982. The van der Waals surface area contributed by atoms with Crippen molar-refractivity contribution in [2.45, 2.75) is 36.5 Å². The number of fused-ring (bicyclic) bond motifs is 15. The fourth-order valence-corrected chi connectivity index (χ4v) is 12.2. The van der Waals surface area contributed by atoms with Gasteiger partial charge in [-0.1, -0.05) is 195 Å². The number of para-hydroxylation sites is 1. The van der Waals surface area contributed by atoms with E-state index in [4.69, 9.17) is 0 Å². The Morgan fingerprint density at radius 1 is 0.311 bits per heavy atom. The van der Waals surface area contributed by atoms with Crippen LogP contribution in [0.4, 0.5) is 17.1 Å². The number of hydrogen-bond acceptors (Lipinski definition) is 1. The molecule has 0 bridgehead atoms. The van der Waals surface area contributed by atoms with Gasteiger partial charge in [0.05, 0.1) is 11.1 Å². The maximum Gasteiger partial charge on any atom is 0.0726 e. The summed E-state index contributed by atoms with van der Waals surface area (Å²) in [6, 6.07) is 80.1. The average Bonchev–Trinajstić information content (AvgIpc) is 4.09. The number of anilines is 3. The summed E-state index contributed by atoms with van der Waals surface area (Å²) in [5.41, 5.74) is 24.6. The zero-order chi connectivity index (χ0) is 40.1. The Morgan fingerprint density at radius 2 is 0.787 bits per heavy atom. The molecule has 0 radical (unpaired) electrons. The highest BCUT2D eigenvalue weighted by Crippen LogP contribution is 2.64. The summed E-state index contributed by atoms with van der Waals surface area (Å²) in [4.78, 5) is 2.53. The minimum atomic E-state index is -0.433. The van der Waals surface area contributed by atoms with Crippen LogP contribution in [0.15, 0.2) is 212 Å². The molecular weight excluding hydrogens is 735 g/mol. The average molecular weight is 778 g/mol. The first kappa shape index (κ1) is 34.6. The molecule has 0 atom stereocenters. The number of rotatable bonds is 5. The Kier molecular flexibility index (Phi) is 7.46. The fraction of sp³-hybridized carbons (Fsp3) is 0.100. The van der Waals surface area contributed by atoms with Gasteiger partial charge in [0.1, 0.15) is 0 Å². The summed E-state index contributed by atoms with van der Waals surface area (Å²) in [6.45, 7) is 0. The SMILES string of the molecule is c1ccc(-c2ccc(N(c3ccc4c(c3)C3(c5ccccc5-c5ccccc53)c3ccccc3-4)c3ccccc3-c3cccc4c3-c3ccccc3C43CCCC3)cc2)cc1. The number of hydrogen-bond donors (Lipinski definition) is 0. The summed E-state index contributed by atoms with van der Waals surface area (Å²) in [5.74, 6) is 0. The maximum atomic E-state index is 2.53. The summed E-state index contributed by atoms with van der Waals surface area (Å²) in [7, 11) is 0. The van der Waals surface area contributed by atoms with Crippen molar-refractivity contribution in [3.05, 3.63) is 246 Å². The van der Waals surface area contributed by atoms with Crippen LogP contribution in [0.5, 0.6) is 0 Å². The normalized spacial score (nSPS) is 15.2. The van der Waals surface area contributed by atoms with Crippen LogP contribution in [0, 0.1) is 0 Å².